The number of methoxy groups -OCH3 is 1. The predicted molar refractivity (Wildman–Crippen MR) is 97.0 cm³/mol. The summed E-state index contributed by atoms with van der Waals surface area (Å²) in [5.74, 6) is 0.875. The first-order valence-corrected chi connectivity index (χ1v) is 9.10. The number of aromatic nitrogens is 1. The maximum absolute atomic E-state index is 12.3. The molecule has 0 bridgehead atoms. The van der Waals surface area contributed by atoms with Crippen molar-refractivity contribution in [1.82, 2.24) is 9.88 Å². The van der Waals surface area contributed by atoms with E-state index in [9.17, 15) is 9.59 Å². The molecule has 1 aromatic carbocycles. The molecule has 0 atom stereocenters. The number of thioether (sulfide) groups is 1. The molecule has 0 saturated carbocycles. The van der Waals surface area contributed by atoms with Crippen LogP contribution in [-0.2, 0) is 20.1 Å². The molecule has 25 heavy (non-hydrogen) atoms. The van der Waals surface area contributed by atoms with Crippen LogP contribution in [0.2, 0.25) is 0 Å². The second kappa shape index (κ2) is 9.27. The smallest absolute Gasteiger partial charge is 0.325 e. The summed E-state index contributed by atoms with van der Waals surface area (Å²) in [6.45, 7) is 3.71. The summed E-state index contributed by atoms with van der Waals surface area (Å²) in [4.78, 5) is 29.7. The molecular weight excluding hydrogens is 340 g/mol. The van der Waals surface area contributed by atoms with Crippen molar-refractivity contribution in [3.63, 3.8) is 0 Å². The van der Waals surface area contributed by atoms with Crippen molar-refractivity contribution < 1.29 is 18.7 Å². The van der Waals surface area contributed by atoms with E-state index in [-0.39, 0.29) is 24.2 Å². The lowest BCUT2D eigenvalue weighted by atomic mass is 10.2. The zero-order chi connectivity index (χ0) is 18.2. The third-order valence-corrected chi connectivity index (χ3v) is 4.47. The highest BCUT2D eigenvalue weighted by Crippen LogP contribution is 2.20. The van der Waals surface area contributed by atoms with Gasteiger partial charge in [-0.3, -0.25) is 9.59 Å². The van der Waals surface area contributed by atoms with E-state index in [2.05, 4.69) is 9.72 Å². The number of esters is 1. The lowest BCUT2D eigenvalue weighted by Crippen LogP contribution is -2.42. The first kappa shape index (κ1) is 19.1. The second-order valence-electron chi connectivity index (χ2n) is 5.69. The van der Waals surface area contributed by atoms with Gasteiger partial charge in [0.05, 0.1) is 18.6 Å². The van der Waals surface area contributed by atoms with E-state index in [1.165, 1.54) is 23.8 Å². The molecule has 0 aliphatic heterocycles. The predicted octanol–water partition coefficient (Wildman–Crippen LogP) is 2.98. The number of amides is 1. The molecule has 0 aliphatic rings. The van der Waals surface area contributed by atoms with Crippen LogP contribution < -0.4 is 0 Å². The van der Waals surface area contributed by atoms with E-state index in [1.807, 2.05) is 44.2 Å². The van der Waals surface area contributed by atoms with Gasteiger partial charge in [-0.25, -0.2) is 4.98 Å². The van der Waals surface area contributed by atoms with E-state index in [4.69, 9.17) is 4.42 Å². The maximum Gasteiger partial charge on any atom is 0.325 e. The monoisotopic (exact) mass is 362 g/mol. The van der Waals surface area contributed by atoms with E-state index in [1.54, 1.807) is 6.26 Å². The summed E-state index contributed by atoms with van der Waals surface area (Å²) in [5.41, 5.74) is 1.69. The molecule has 1 heterocycles. The minimum absolute atomic E-state index is 0.0321. The topological polar surface area (TPSA) is 72.6 Å². The summed E-state index contributed by atoms with van der Waals surface area (Å²) in [5, 5.41) is 0. The van der Waals surface area contributed by atoms with E-state index in [0.717, 1.165) is 11.3 Å². The van der Waals surface area contributed by atoms with Crippen LogP contribution in [0.5, 0.6) is 0 Å². The lowest BCUT2D eigenvalue weighted by Gasteiger charge is -2.25. The first-order valence-electron chi connectivity index (χ1n) is 7.95. The van der Waals surface area contributed by atoms with Crippen LogP contribution in [0.3, 0.4) is 0 Å². The van der Waals surface area contributed by atoms with Crippen LogP contribution in [-0.4, -0.2) is 47.2 Å². The van der Waals surface area contributed by atoms with E-state index < -0.39 is 5.97 Å². The van der Waals surface area contributed by atoms with E-state index in [0.29, 0.717) is 11.6 Å². The molecule has 134 valence electrons. The number of nitrogens with zero attached hydrogens (tertiary/aromatic N) is 2. The highest BCUT2D eigenvalue weighted by molar-refractivity contribution is 7.99. The van der Waals surface area contributed by atoms with Gasteiger partial charge in [-0.15, -0.1) is 11.8 Å². The lowest BCUT2D eigenvalue weighted by molar-refractivity contribution is -0.147. The van der Waals surface area contributed by atoms with Crippen molar-refractivity contribution in [3.8, 4) is 11.5 Å². The molecule has 1 amide bonds. The number of rotatable bonds is 8. The zero-order valence-corrected chi connectivity index (χ0v) is 15.4. The second-order valence-corrected chi connectivity index (χ2v) is 6.68. The van der Waals surface area contributed by atoms with Crippen LogP contribution in [0, 0.1) is 0 Å². The molecule has 2 rings (SSSR count). The summed E-state index contributed by atoms with van der Waals surface area (Å²) >= 11 is 1.44. The Labute approximate surface area is 151 Å². The minimum atomic E-state index is -0.420. The number of ether oxygens (including phenoxy) is 1. The normalized spacial score (nSPS) is 10.7. The van der Waals surface area contributed by atoms with Gasteiger partial charge < -0.3 is 14.1 Å². The number of carbonyl (C=O) groups excluding carboxylic acids is 2. The fourth-order valence-electron chi connectivity index (χ4n) is 2.17. The van der Waals surface area contributed by atoms with Gasteiger partial charge in [0.25, 0.3) is 0 Å². The Balaban J connectivity index is 1.86. The Morgan fingerprint density at radius 2 is 2.00 bits per heavy atom. The van der Waals surface area contributed by atoms with Crippen LogP contribution in [0.4, 0.5) is 0 Å². The summed E-state index contributed by atoms with van der Waals surface area (Å²) < 4.78 is 10.1. The van der Waals surface area contributed by atoms with Crippen molar-refractivity contribution in [2.45, 2.75) is 25.6 Å². The van der Waals surface area contributed by atoms with Gasteiger partial charge in [-0.2, -0.15) is 0 Å². The largest absolute Gasteiger partial charge is 0.468 e. The Hall–Kier alpha value is -2.28. The van der Waals surface area contributed by atoms with Crippen molar-refractivity contribution in [2.24, 2.45) is 0 Å². The van der Waals surface area contributed by atoms with Crippen LogP contribution in [0.15, 0.2) is 41.0 Å². The van der Waals surface area contributed by atoms with Gasteiger partial charge in [-0.05, 0) is 26.0 Å². The molecule has 0 saturated heterocycles. The number of benzene rings is 1. The highest BCUT2D eigenvalue weighted by atomic mass is 32.2. The highest BCUT2D eigenvalue weighted by Gasteiger charge is 2.20. The Morgan fingerprint density at radius 3 is 2.64 bits per heavy atom. The van der Waals surface area contributed by atoms with Gasteiger partial charge in [0, 0.05) is 17.4 Å². The molecule has 0 fully saturated rings. The van der Waals surface area contributed by atoms with Gasteiger partial charge in [0.1, 0.15) is 12.8 Å². The Bertz CT molecular complexity index is 700. The van der Waals surface area contributed by atoms with Crippen molar-refractivity contribution >= 4 is 23.6 Å². The number of hydrogen-bond donors (Lipinski definition) is 0. The van der Waals surface area contributed by atoms with Gasteiger partial charge >= 0.3 is 5.97 Å². The Kier molecular flexibility index (Phi) is 7.06. The Morgan fingerprint density at radius 1 is 1.28 bits per heavy atom. The molecule has 0 spiro atoms. The van der Waals surface area contributed by atoms with Crippen molar-refractivity contribution in [2.75, 3.05) is 19.4 Å². The molecule has 0 radical (unpaired) electrons. The van der Waals surface area contributed by atoms with Gasteiger partial charge in [-0.1, -0.05) is 18.2 Å². The molecule has 0 aliphatic carbocycles. The number of carbonyl (C=O) groups is 2. The average molecular weight is 362 g/mol. The minimum Gasteiger partial charge on any atom is -0.468 e. The molecule has 6 nitrogen and oxygen atoms in total. The maximum atomic E-state index is 12.3. The third kappa shape index (κ3) is 5.63. The standard InChI is InChI=1S/C18H22N2O4S/c1-13(2)20(9-17(22)23-3)16(21)12-25-11-15-10-24-18(19-15)14-7-5-4-6-8-14/h4-8,10,13H,9,11-12H2,1-3H3. The van der Waals surface area contributed by atoms with Gasteiger partial charge in [0.15, 0.2) is 0 Å². The van der Waals surface area contributed by atoms with Crippen molar-refractivity contribution in [1.29, 1.82) is 0 Å². The fraction of sp³-hybridized carbons (Fsp3) is 0.389. The summed E-state index contributed by atoms with van der Waals surface area (Å²) in [7, 11) is 1.31. The molecular formula is C18H22N2O4S. The van der Waals surface area contributed by atoms with E-state index >= 15 is 0 Å². The van der Waals surface area contributed by atoms with Crippen LogP contribution in [0.25, 0.3) is 11.5 Å². The van der Waals surface area contributed by atoms with Crippen molar-refractivity contribution in [3.05, 3.63) is 42.3 Å². The molecule has 7 heteroatoms. The molecule has 1 aromatic heterocycles. The number of hydrogen-bond acceptors (Lipinski definition) is 6. The molecule has 0 unspecified atom stereocenters. The third-order valence-electron chi connectivity index (χ3n) is 3.52. The SMILES string of the molecule is COC(=O)CN(C(=O)CSCc1coc(-c2ccccc2)n1)C(C)C. The van der Waals surface area contributed by atoms with Crippen LogP contribution >= 0.6 is 11.8 Å². The number of oxazole rings is 1. The fourth-order valence-corrected chi connectivity index (χ4v) is 2.96. The zero-order valence-electron chi connectivity index (χ0n) is 14.6. The quantitative estimate of drug-likeness (QED) is 0.672. The van der Waals surface area contributed by atoms with Crippen LogP contribution in [0.1, 0.15) is 19.5 Å². The molecule has 0 N–H and O–H groups in total. The van der Waals surface area contributed by atoms with Gasteiger partial charge in [0.2, 0.25) is 11.8 Å². The average Bonchev–Trinajstić information content (AvgIpc) is 3.08. The summed E-state index contributed by atoms with van der Waals surface area (Å²) in [6, 6.07) is 9.58. The first-order chi connectivity index (χ1) is 12.0. The molecule has 2 aromatic rings. The summed E-state index contributed by atoms with van der Waals surface area (Å²) in [6.07, 6.45) is 1.61.